The number of rotatable bonds is 4. The monoisotopic (exact) mass is 235 g/mol. The van der Waals surface area contributed by atoms with Crippen LogP contribution in [0.4, 0.5) is 0 Å². The van der Waals surface area contributed by atoms with E-state index in [0.29, 0.717) is 6.04 Å². The molecule has 2 rings (SSSR count). The normalized spacial score (nSPS) is 27.0. The minimum atomic E-state index is 0.483. The molecule has 2 heteroatoms. The van der Waals surface area contributed by atoms with Crippen LogP contribution in [-0.2, 0) is 6.42 Å². The van der Waals surface area contributed by atoms with Crippen LogP contribution in [0, 0.1) is 11.8 Å². The Kier molecular flexibility index (Phi) is 4.27. The third kappa shape index (κ3) is 2.74. The predicted octanol–water partition coefficient (Wildman–Crippen LogP) is 3.93. The molecule has 17 heavy (non-hydrogen) atoms. The van der Waals surface area contributed by atoms with E-state index in [2.05, 4.69) is 32.3 Å². The molecule has 0 spiro atoms. The lowest BCUT2D eigenvalue weighted by Crippen LogP contribution is -2.28. The standard InChI is InChI=1S/C15H25NO/c1-4-14-13(9-10-17-14)15(16-3)12-7-5-11(2)6-8-12/h9-12,15-16H,4-8H2,1-3H3. The summed E-state index contributed by atoms with van der Waals surface area (Å²) in [6, 6.07) is 2.63. The summed E-state index contributed by atoms with van der Waals surface area (Å²) in [6.07, 6.45) is 8.28. The summed E-state index contributed by atoms with van der Waals surface area (Å²) >= 11 is 0. The Morgan fingerprint density at radius 1 is 1.35 bits per heavy atom. The fourth-order valence-corrected chi connectivity index (χ4v) is 3.18. The molecule has 0 radical (unpaired) electrons. The molecule has 1 N–H and O–H groups in total. The second-order valence-corrected chi connectivity index (χ2v) is 5.44. The van der Waals surface area contributed by atoms with E-state index in [9.17, 15) is 0 Å². The van der Waals surface area contributed by atoms with Crippen molar-refractivity contribution in [2.24, 2.45) is 11.8 Å². The third-order valence-electron chi connectivity index (χ3n) is 4.28. The van der Waals surface area contributed by atoms with Crippen molar-refractivity contribution in [1.29, 1.82) is 0 Å². The Balaban J connectivity index is 2.10. The Morgan fingerprint density at radius 2 is 2.06 bits per heavy atom. The molecular weight excluding hydrogens is 210 g/mol. The van der Waals surface area contributed by atoms with Gasteiger partial charge in [0.2, 0.25) is 0 Å². The van der Waals surface area contributed by atoms with E-state index >= 15 is 0 Å². The first-order valence-electron chi connectivity index (χ1n) is 6.99. The average molecular weight is 235 g/mol. The SMILES string of the molecule is CCc1occc1C(NC)C1CCC(C)CC1. The first-order chi connectivity index (χ1) is 8.26. The van der Waals surface area contributed by atoms with Crippen molar-refractivity contribution in [1.82, 2.24) is 5.32 Å². The van der Waals surface area contributed by atoms with Gasteiger partial charge < -0.3 is 9.73 Å². The van der Waals surface area contributed by atoms with Crippen LogP contribution in [0.3, 0.4) is 0 Å². The van der Waals surface area contributed by atoms with Gasteiger partial charge in [-0.2, -0.15) is 0 Å². The highest BCUT2D eigenvalue weighted by molar-refractivity contribution is 5.22. The lowest BCUT2D eigenvalue weighted by atomic mass is 9.77. The summed E-state index contributed by atoms with van der Waals surface area (Å²) in [6.45, 7) is 4.54. The fraction of sp³-hybridized carbons (Fsp3) is 0.733. The van der Waals surface area contributed by atoms with E-state index in [-0.39, 0.29) is 0 Å². The molecule has 1 unspecified atom stereocenters. The molecule has 0 bridgehead atoms. The topological polar surface area (TPSA) is 25.2 Å². The zero-order chi connectivity index (χ0) is 12.3. The van der Waals surface area contributed by atoms with Gasteiger partial charge in [-0.1, -0.05) is 26.7 Å². The maximum Gasteiger partial charge on any atom is 0.108 e. The zero-order valence-electron chi connectivity index (χ0n) is 11.3. The summed E-state index contributed by atoms with van der Waals surface area (Å²) in [4.78, 5) is 0. The summed E-state index contributed by atoms with van der Waals surface area (Å²) in [5.74, 6) is 2.85. The number of hydrogen-bond donors (Lipinski definition) is 1. The second kappa shape index (κ2) is 5.72. The van der Waals surface area contributed by atoms with Crippen LogP contribution in [0.1, 0.15) is 56.9 Å². The van der Waals surface area contributed by atoms with Gasteiger partial charge in [-0.25, -0.2) is 0 Å². The smallest absolute Gasteiger partial charge is 0.108 e. The van der Waals surface area contributed by atoms with Crippen molar-refractivity contribution in [2.45, 2.75) is 52.0 Å². The van der Waals surface area contributed by atoms with Crippen LogP contribution in [0.5, 0.6) is 0 Å². The van der Waals surface area contributed by atoms with Gasteiger partial charge in [-0.05, 0) is 37.8 Å². The van der Waals surface area contributed by atoms with Gasteiger partial charge in [0.05, 0.1) is 6.26 Å². The summed E-state index contributed by atoms with van der Waals surface area (Å²) in [5.41, 5.74) is 1.38. The summed E-state index contributed by atoms with van der Waals surface area (Å²) in [5, 5.41) is 3.50. The highest BCUT2D eigenvalue weighted by atomic mass is 16.3. The van der Waals surface area contributed by atoms with Crippen LogP contribution < -0.4 is 5.32 Å². The molecule has 1 fully saturated rings. The zero-order valence-corrected chi connectivity index (χ0v) is 11.3. The van der Waals surface area contributed by atoms with Gasteiger partial charge in [0.15, 0.2) is 0 Å². The van der Waals surface area contributed by atoms with Crippen LogP contribution in [0.25, 0.3) is 0 Å². The van der Waals surface area contributed by atoms with Crippen LogP contribution in [0.15, 0.2) is 16.7 Å². The highest BCUT2D eigenvalue weighted by Crippen LogP contribution is 2.37. The molecule has 1 aromatic heterocycles. The molecule has 0 aromatic carbocycles. The minimum Gasteiger partial charge on any atom is -0.469 e. The lowest BCUT2D eigenvalue weighted by Gasteiger charge is -2.32. The third-order valence-corrected chi connectivity index (χ3v) is 4.28. The van der Waals surface area contributed by atoms with Gasteiger partial charge in [0.25, 0.3) is 0 Å². The second-order valence-electron chi connectivity index (χ2n) is 5.44. The van der Waals surface area contributed by atoms with E-state index in [1.807, 2.05) is 6.26 Å². The van der Waals surface area contributed by atoms with Crippen molar-refractivity contribution in [2.75, 3.05) is 7.05 Å². The first kappa shape index (κ1) is 12.7. The Bertz CT molecular complexity index is 336. The molecule has 1 atom stereocenters. The maximum atomic E-state index is 5.57. The van der Waals surface area contributed by atoms with E-state index in [1.165, 1.54) is 31.2 Å². The van der Waals surface area contributed by atoms with Crippen molar-refractivity contribution < 1.29 is 4.42 Å². The molecule has 1 heterocycles. The highest BCUT2D eigenvalue weighted by Gasteiger charge is 2.28. The Hall–Kier alpha value is -0.760. The minimum absolute atomic E-state index is 0.483. The largest absolute Gasteiger partial charge is 0.469 e. The van der Waals surface area contributed by atoms with Gasteiger partial charge in [-0.15, -0.1) is 0 Å². The van der Waals surface area contributed by atoms with Crippen molar-refractivity contribution in [3.05, 3.63) is 23.7 Å². The van der Waals surface area contributed by atoms with E-state index in [0.717, 1.165) is 24.0 Å². The van der Waals surface area contributed by atoms with Gasteiger partial charge in [-0.3, -0.25) is 0 Å². The van der Waals surface area contributed by atoms with E-state index in [4.69, 9.17) is 4.42 Å². The molecule has 0 saturated heterocycles. The quantitative estimate of drug-likeness (QED) is 0.855. The maximum absolute atomic E-state index is 5.57. The summed E-state index contributed by atoms with van der Waals surface area (Å²) in [7, 11) is 2.08. The van der Waals surface area contributed by atoms with Crippen molar-refractivity contribution in [3.63, 3.8) is 0 Å². The number of hydrogen-bond acceptors (Lipinski definition) is 2. The molecule has 2 nitrogen and oxygen atoms in total. The molecule has 0 aliphatic heterocycles. The van der Waals surface area contributed by atoms with Crippen LogP contribution >= 0.6 is 0 Å². The molecular formula is C15H25NO. The number of nitrogens with one attached hydrogen (secondary N) is 1. The number of furan rings is 1. The summed E-state index contributed by atoms with van der Waals surface area (Å²) < 4.78 is 5.57. The van der Waals surface area contributed by atoms with Crippen LogP contribution in [-0.4, -0.2) is 7.05 Å². The van der Waals surface area contributed by atoms with Gasteiger partial charge in [0.1, 0.15) is 5.76 Å². The molecule has 96 valence electrons. The fourth-order valence-electron chi connectivity index (χ4n) is 3.18. The van der Waals surface area contributed by atoms with Gasteiger partial charge in [0, 0.05) is 18.0 Å². The van der Waals surface area contributed by atoms with Crippen LogP contribution in [0.2, 0.25) is 0 Å². The molecule has 0 amide bonds. The lowest BCUT2D eigenvalue weighted by molar-refractivity contribution is 0.236. The predicted molar refractivity (Wildman–Crippen MR) is 71.0 cm³/mol. The molecule has 1 aromatic rings. The van der Waals surface area contributed by atoms with Crippen molar-refractivity contribution >= 4 is 0 Å². The molecule has 1 aliphatic rings. The molecule has 1 aliphatic carbocycles. The van der Waals surface area contributed by atoms with Gasteiger partial charge >= 0.3 is 0 Å². The Morgan fingerprint density at radius 3 is 2.65 bits per heavy atom. The molecule has 1 saturated carbocycles. The number of aryl methyl sites for hydroxylation is 1. The average Bonchev–Trinajstić information content (AvgIpc) is 2.81. The first-order valence-corrected chi connectivity index (χ1v) is 6.99. The van der Waals surface area contributed by atoms with Crippen molar-refractivity contribution in [3.8, 4) is 0 Å². The van der Waals surface area contributed by atoms with E-state index in [1.54, 1.807) is 0 Å². The Labute approximate surface area is 105 Å². The van der Waals surface area contributed by atoms with E-state index < -0.39 is 0 Å².